The van der Waals surface area contributed by atoms with Crippen LogP contribution < -0.4 is 10.2 Å². The molecule has 4 nitrogen and oxygen atoms in total. The quantitative estimate of drug-likeness (QED) is 0.728. The number of halogens is 1. The van der Waals surface area contributed by atoms with E-state index in [0.29, 0.717) is 5.69 Å². The molecule has 1 aliphatic rings. The topological polar surface area (TPSA) is 48.1 Å². The third kappa shape index (κ3) is 3.43. The van der Waals surface area contributed by atoms with Gasteiger partial charge in [0, 0.05) is 30.2 Å². The number of aromatic amines is 1. The fourth-order valence-electron chi connectivity index (χ4n) is 3.66. The molecule has 2 heterocycles. The molecule has 1 aliphatic heterocycles. The van der Waals surface area contributed by atoms with Gasteiger partial charge in [0.2, 0.25) is 5.91 Å². The SMILES string of the molecule is O=C(Cc1c[nH]c2ccccc12)Nc1cc(F)ccc1N1CCCCC1. The van der Waals surface area contributed by atoms with Crippen LogP contribution in [0, 0.1) is 5.82 Å². The lowest BCUT2D eigenvalue weighted by Gasteiger charge is -2.30. The predicted molar refractivity (Wildman–Crippen MR) is 103 cm³/mol. The molecule has 0 spiro atoms. The molecule has 0 radical (unpaired) electrons. The van der Waals surface area contributed by atoms with Crippen molar-refractivity contribution < 1.29 is 9.18 Å². The Balaban J connectivity index is 1.54. The maximum absolute atomic E-state index is 13.8. The number of nitrogens with one attached hydrogen (secondary N) is 2. The van der Waals surface area contributed by atoms with Crippen molar-refractivity contribution in [2.24, 2.45) is 0 Å². The number of carbonyl (C=O) groups is 1. The first-order chi connectivity index (χ1) is 12.7. The van der Waals surface area contributed by atoms with Gasteiger partial charge in [-0.1, -0.05) is 18.2 Å². The summed E-state index contributed by atoms with van der Waals surface area (Å²) >= 11 is 0. The fraction of sp³-hybridized carbons (Fsp3) is 0.286. The van der Waals surface area contributed by atoms with Crippen molar-refractivity contribution in [3.63, 3.8) is 0 Å². The van der Waals surface area contributed by atoms with Crippen LogP contribution in [-0.4, -0.2) is 24.0 Å². The van der Waals surface area contributed by atoms with Gasteiger partial charge in [-0.3, -0.25) is 4.79 Å². The van der Waals surface area contributed by atoms with Crippen molar-refractivity contribution in [1.82, 2.24) is 4.98 Å². The Bertz CT molecular complexity index is 928. The number of amides is 1. The van der Waals surface area contributed by atoms with Crippen LogP contribution in [0.1, 0.15) is 24.8 Å². The van der Waals surface area contributed by atoms with Gasteiger partial charge in [0.05, 0.1) is 17.8 Å². The Morgan fingerprint density at radius 2 is 1.92 bits per heavy atom. The highest BCUT2D eigenvalue weighted by molar-refractivity contribution is 5.98. The molecule has 4 rings (SSSR count). The molecule has 2 aromatic carbocycles. The van der Waals surface area contributed by atoms with Crippen LogP contribution in [0.25, 0.3) is 10.9 Å². The van der Waals surface area contributed by atoms with Gasteiger partial charge >= 0.3 is 0 Å². The van der Waals surface area contributed by atoms with E-state index >= 15 is 0 Å². The molecule has 0 unspecified atom stereocenters. The first-order valence-corrected chi connectivity index (χ1v) is 9.10. The number of para-hydroxylation sites is 1. The zero-order valence-electron chi connectivity index (χ0n) is 14.6. The first kappa shape index (κ1) is 16.6. The number of fused-ring (bicyclic) bond motifs is 1. The summed E-state index contributed by atoms with van der Waals surface area (Å²) < 4.78 is 13.8. The van der Waals surface area contributed by atoms with E-state index in [9.17, 15) is 9.18 Å². The molecule has 1 amide bonds. The first-order valence-electron chi connectivity index (χ1n) is 9.10. The maximum Gasteiger partial charge on any atom is 0.228 e. The van der Waals surface area contributed by atoms with Gasteiger partial charge in [-0.25, -0.2) is 4.39 Å². The molecule has 0 saturated carbocycles. The summed E-state index contributed by atoms with van der Waals surface area (Å²) in [5.74, 6) is -0.480. The molecule has 0 aliphatic carbocycles. The minimum atomic E-state index is -0.340. The van der Waals surface area contributed by atoms with Gasteiger partial charge < -0.3 is 15.2 Å². The number of aromatic nitrogens is 1. The van der Waals surface area contributed by atoms with Crippen molar-refractivity contribution in [3.05, 3.63) is 60.0 Å². The maximum atomic E-state index is 13.8. The van der Waals surface area contributed by atoms with Gasteiger partial charge in [0.1, 0.15) is 5.82 Å². The molecule has 2 N–H and O–H groups in total. The van der Waals surface area contributed by atoms with Crippen molar-refractivity contribution in [3.8, 4) is 0 Å². The van der Waals surface area contributed by atoms with Gasteiger partial charge in [-0.05, 0) is 49.1 Å². The second-order valence-corrected chi connectivity index (χ2v) is 6.79. The molecule has 1 fully saturated rings. The van der Waals surface area contributed by atoms with Crippen LogP contribution in [0.15, 0.2) is 48.7 Å². The molecule has 5 heteroatoms. The highest BCUT2D eigenvalue weighted by Crippen LogP contribution is 2.29. The number of nitrogens with zero attached hydrogens (tertiary/aromatic N) is 1. The second-order valence-electron chi connectivity index (χ2n) is 6.79. The van der Waals surface area contributed by atoms with Gasteiger partial charge in [0.15, 0.2) is 0 Å². The summed E-state index contributed by atoms with van der Waals surface area (Å²) in [6.07, 6.45) is 5.58. The Hall–Kier alpha value is -2.82. The Morgan fingerprint density at radius 1 is 1.12 bits per heavy atom. The minimum absolute atomic E-state index is 0.140. The molecule has 134 valence electrons. The number of hydrogen-bond donors (Lipinski definition) is 2. The minimum Gasteiger partial charge on any atom is -0.370 e. The molecule has 1 aromatic heterocycles. The van der Waals surface area contributed by atoms with E-state index in [4.69, 9.17) is 0 Å². The molecule has 3 aromatic rings. The van der Waals surface area contributed by atoms with Gasteiger partial charge in [0.25, 0.3) is 0 Å². The lowest BCUT2D eigenvalue weighted by molar-refractivity contribution is -0.115. The van der Waals surface area contributed by atoms with E-state index in [1.807, 2.05) is 30.5 Å². The largest absolute Gasteiger partial charge is 0.370 e. The Morgan fingerprint density at radius 3 is 2.77 bits per heavy atom. The molecule has 26 heavy (non-hydrogen) atoms. The highest BCUT2D eigenvalue weighted by Gasteiger charge is 2.17. The van der Waals surface area contributed by atoms with E-state index in [1.165, 1.54) is 18.6 Å². The predicted octanol–water partition coefficient (Wildman–Crippen LogP) is 4.48. The molecule has 0 atom stereocenters. The van der Waals surface area contributed by atoms with E-state index in [-0.39, 0.29) is 18.1 Å². The van der Waals surface area contributed by atoms with Crippen molar-refractivity contribution >= 4 is 28.2 Å². The van der Waals surface area contributed by atoms with Crippen LogP contribution in [0.2, 0.25) is 0 Å². The Kier molecular flexibility index (Phi) is 4.61. The Labute approximate surface area is 152 Å². The van der Waals surface area contributed by atoms with Crippen molar-refractivity contribution in [2.75, 3.05) is 23.3 Å². The molecular weight excluding hydrogens is 329 g/mol. The second kappa shape index (κ2) is 7.20. The highest BCUT2D eigenvalue weighted by atomic mass is 19.1. The summed E-state index contributed by atoms with van der Waals surface area (Å²) in [4.78, 5) is 18.0. The summed E-state index contributed by atoms with van der Waals surface area (Å²) in [6, 6.07) is 12.5. The summed E-state index contributed by atoms with van der Waals surface area (Å²) in [6.45, 7) is 1.88. The molecular formula is C21H22FN3O. The van der Waals surface area contributed by atoms with Crippen LogP contribution in [0.3, 0.4) is 0 Å². The normalized spacial score (nSPS) is 14.6. The van der Waals surface area contributed by atoms with Crippen molar-refractivity contribution in [2.45, 2.75) is 25.7 Å². The fourth-order valence-corrected chi connectivity index (χ4v) is 3.66. The lowest BCUT2D eigenvalue weighted by atomic mass is 10.1. The zero-order chi connectivity index (χ0) is 17.9. The smallest absolute Gasteiger partial charge is 0.228 e. The number of hydrogen-bond acceptors (Lipinski definition) is 2. The molecule has 1 saturated heterocycles. The number of piperidine rings is 1. The van der Waals surface area contributed by atoms with E-state index < -0.39 is 0 Å². The number of carbonyl (C=O) groups excluding carboxylic acids is 1. The van der Waals surface area contributed by atoms with Crippen LogP contribution in [0.4, 0.5) is 15.8 Å². The monoisotopic (exact) mass is 351 g/mol. The van der Waals surface area contributed by atoms with E-state index in [2.05, 4.69) is 15.2 Å². The number of H-pyrrole nitrogens is 1. The summed E-state index contributed by atoms with van der Waals surface area (Å²) in [5, 5.41) is 3.96. The summed E-state index contributed by atoms with van der Waals surface area (Å²) in [7, 11) is 0. The lowest BCUT2D eigenvalue weighted by Crippen LogP contribution is -2.30. The van der Waals surface area contributed by atoms with Crippen LogP contribution in [-0.2, 0) is 11.2 Å². The average molecular weight is 351 g/mol. The van der Waals surface area contributed by atoms with Crippen molar-refractivity contribution in [1.29, 1.82) is 0 Å². The standard InChI is InChI=1S/C21H22FN3O/c22-16-8-9-20(25-10-4-1-5-11-25)19(13-16)24-21(26)12-15-14-23-18-7-3-2-6-17(15)18/h2-3,6-9,13-14,23H,1,4-5,10-12H2,(H,24,26). The van der Waals surface area contributed by atoms with E-state index in [1.54, 1.807) is 6.07 Å². The van der Waals surface area contributed by atoms with Gasteiger partial charge in [-0.15, -0.1) is 0 Å². The number of anilines is 2. The summed E-state index contributed by atoms with van der Waals surface area (Å²) in [5.41, 5.74) is 3.40. The number of benzene rings is 2. The van der Waals surface area contributed by atoms with E-state index in [0.717, 1.165) is 48.1 Å². The van der Waals surface area contributed by atoms with Crippen LogP contribution in [0.5, 0.6) is 0 Å². The van der Waals surface area contributed by atoms with Crippen LogP contribution >= 0.6 is 0 Å². The molecule has 0 bridgehead atoms. The number of rotatable bonds is 4. The third-order valence-electron chi connectivity index (χ3n) is 4.96. The van der Waals surface area contributed by atoms with Gasteiger partial charge in [-0.2, -0.15) is 0 Å². The third-order valence-corrected chi connectivity index (χ3v) is 4.96. The average Bonchev–Trinajstić information content (AvgIpc) is 3.05. The zero-order valence-corrected chi connectivity index (χ0v) is 14.6.